The zero-order valence-corrected chi connectivity index (χ0v) is 11.3. The van der Waals surface area contributed by atoms with Crippen LogP contribution in [-0.4, -0.2) is 0 Å². The van der Waals surface area contributed by atoms with Gasteiger partial charge in [0.05, 0.1) is 0 Å². The molecule has 0 aliphatic heterocycles. The molecule has 0 amide bonds. The summed E-state index contributed by atoms with van der Waals surface area (Å²) in [6, 6.07) is 1.43. The first-order valence-corrected chi connectivity index (χ1v) is 6.27. The van der Waals surface area contributed by atoms with Crippen LogP contribution in [0.25, 0.3) is 0 Å². The molecule has 0 fully saturated rings. The predicted octanol–water partition coefficient (Wildman–Crippen LogP) is 4.90. The summed E-state index contributed by atoms with van der Waals surface area (Å²) in [4.78, 5) is 0.218. The van der Waals surface area contributed by atoms with Crippen molar-refractivity contribution in [1.82, 2.24) is 0 Å². The Bertz CT molecular complexity index is 426. The molecule has 3 heteroatoms. The molecule has 1 aliphatic rings. The maximum absolute atomic E-state index is 13.6. The van der Waals surface area contributed by atoms with Crippen LogP contribution in [0.2, 0.25) is 5.02 Å². The standard InChI is InChI=1S/C12H13BrClF/c1-6-9(15)4-8(14)11-10(6)7(13)5-12(11,2)3/h4,7H,5H2,1-3H3. The number of benzene rings is 1. The van der Waals surface area contributed by atoms with Crippen molar-refractivity contribution in [2.45, 2.75) is 37.4 Å². The first-order valence-electron chi connectivity index (χ1n) is 4.97. The van der Waals surface area contributed by atoms with Gasteiger partial charge in [0.15, 0.2) is 0 Å². The van der Waals surface area contributed by atoms with Crippen molar-refractivity contribution in [3.05, 3.63) is 33.6 Å². The van der Waals surface area contributed by atoms with Crippen molar-refractivity contribution in [2.75, 3.05) is 0 Å². The molecule has 0 aromatic heterocycles. The molecule has 1 aliphatic carbocycles. The maximum atomic E-state index is 13.6. The van der Waals surface area contributed by atoms with E-state index >= 15 is 0 Å². The van der Waals surface area contributed by atoms with Crippen LogP contribution in [0.1, 0.15) is 41.8 Å². The third-order valence-electron chi connectivity index (χ3n) is 3.20. The minimum Gasteiger partial charge on any atom is -0.207 e. The van der Waals surface area contributed by atoms with E-state index in [1.165, 1.54) is 6.07 Å². The largest absolute Gasteiger partial charge is 0.207 e. The molecular weight excluding hydrogens is 278 g/mol. The molecule has 0 saturated carbocycles. The highest BCUT2D eigenvalue weighted by Crippen LogP contribution is 2.52. The molecule has 15 heavy (non-hydrogen) atoms. The van der Waals surface area contributed by atoms with Gasteiger partial charge >= 0.3 is 0 Å². The first kappa shape index (κ1) is 11.4. The smallest absolute Gasteiger partial charge is 0.127 e. The van der Waals surface area contributed by atoms with E-state index in [9.17, 15) is 4.39 Å². The minimum absolute atomic E-state index is 0.0268. The molecule has 1 aromatic rings. The van der Waals surface area contributed by atoms with Gasteiger partial charge in [0.25, 0.3) is 0 Å². The lowest BCUT2D eigenvalue weighted by Gasteiger charge is -2.20. The number of fused-ring (bicyclic) bond motifs is 1. The zero-order valence-electron chi connectivity index (χ0n) is 9.00. The number of halogens is 3. The topological polar surface area (TPSA) is 0 Å². The third-order valence-corrected chi connectivity index (χ3v) is 4.28. The fraction of sp³-hybridized carbons (Fsp3) is 0.500. The molecule has 0 N–H and O–H groups in total. The van der Waals surface area contributed by atoms with E-state index in [-0.39, 0.29) is 16.1 Å². The summed E-state index contributed by atoms with van der Waals surface area (Å²) in [5.41, 5.74) is 2.90. The van der Waals surface area contributed by atoms with E-state index in [0.717, 1.165) is 23.1 Å². The van der Waals surface area contributed by atoms with E-state index < -0.39 is 0 Å². The van der Waals surface area contributed by atoms with Gasteiger partial charge in [-0.05, 0) is 41.5 Å². The Labute approximate surface area is 103 Å². The Morgan fingerprint density at radius 3 is 2.73 bits per heavy atom. The van der Waals surface area contributed by atoms with Crippen molar-refractivity contribution in [2.24, 2.45) is 0 Å². The van der Waals surface area contributed by atoms with E-state index in [2.05, 4.69) is 29.8 Å². The Morgan fingerprint density at radius 2 is 2.13 bits per heavy atom. The van der Waals surface area contributed by atoms with E-state index in [1.807, 2.05) is 6.92 Å². The Balaban J connectivity index is 2.78. The van der Waals surface area contributed by atoms with Crippen LogP contribution in [0.15, 0.2) is 6.07 Å². The fourth-order valence-corrected chi connectivity index (χ4v) is 4.30. The normalized spacial score (nSPS) is 22.9. The molecule has 1 atom stereocenters. The summed E-state index contributed by atoms with van der Waals surface area (Å²) in [7, 11) is 0. The van der Waals surface area contributed by atoms with Crippen LogP contribution in [0.4, 0.5) is 4.39 Å². The summed E-state index contributed by atoms with van der Waals surface area (Å²) >= 11 is 9.74. The highest BCUT2D eigenvalue weighted by molar-refractivity contribution is 9.09. The molecule has 2 rings (SSSR count). The SMILES string of the molecule is Cc1c(F)cc(Cl)c2c1C(Br)CC2(C)C. The summed E-state index contributed by atoms with van der Waals surface area (Å²) in [5.74, 6) is -0.207. The molecule has 0 spiro atoms. The zero-order chi connectivity index (χ0) is 11.4. The second-order valence-electron chi connectivity index (χ2n) is 4.81. The number of hydrogen-bond acceptors (Lipinski definition) is 0. The van der Waals surface area contributed by atoms with Crippen LogP contribution in [0.5, 0.6) is 0 Å². The highest BCUT2D eigenvalue weighted by Gasteiger charge is 2.39. The van der Waals surface area contributed by atoms with Crippen molar-refractivity contribution in [1.29, 1.82) is 0 Å². The molecule has 0 saturated heterocycles. The molecule has 82 valence electrons. The average molecular weight is 292 g/mol. The Hall–Kier alpha value is -0.0800. The van der Waals surface area contributed by atoms with Gasteiger partial charge < -0.3 is 0 Å². The maximum Gasteiger partial charge on any atom is 0.127 e. The molecule has 0 radical (unpaired) electrons. The Kier molecular flexibility index (Phi) is 2.63. The van der Waals surface area contributed by atoms with Crippen molar-refractivity contribution >= 4 is 27.5 Å². The van der Waals surface area contributed by atoms with Crippen molar-refractivity contribution in [3.63, 3.8) is 0 Å². The summed E-state index contributed by atoms with van der Waals surface area (Å²) in [6.07, 6.45) is 0.965. The molecule has 0 nitrogen and oxygen atoms in total. The average Bonchev–Trinajstić information content (AvgIpc) is 2.32. The third kappa shape index (κ3) is 1.62. The van der Waals surface area contributed by atoms with Gasteiger partial charge in [-0.25, -0.2) is 4.39 Å². The van der Waals surface area contributed by atoms with Gasteiger partial charge in [-0.1, -0.05) is 41.4 Å². The number of alkyl halides is 1. The van der Waals surface area contributed by atoms with Crippen LogP contribution >= 0.6 is 27.5 Å². The molecular formula is C12H13BrClF. The van der Waals surface area contributed by atoms with E-state index in [1.54, 1.807) is 0 Å². The second-order valence-corrected chi connectivity index (χ2v) is 6.32. The van der Waals surface area contributed by atoms with E-state index in [4.69, 9.17) is 11.6 Å². The summed E-state index contributed by atoms with van der Waals surface area (Å²) in [5, 5.41) is 0.556. The van der Waals surface area contributed by atoms with Gasteiger partial charge in [0, 0.05) is 9.85 Å². The quantitative estimate of drug-likeness (QED) is 0.596. The number of rotatable bonds is 0. The van der Waals surface area contributed by atoms with E-state index in [0.29, 0.717) is 5.02 Å². The van der Waals surface area contributed by atoms with Crippen LogP contribution in [0, 0.1) is 12.7 Å². The fourth-order valence-electron chi connectivity index (χ4n) is 2.47. The molecule has 1 unspecified atom stereocenters. The predicted molar refractivity (Wildman–Crippen MR) is 65.5 cm³/mol. The number of hydrogen-bond donors (Lipinski definition) is 0. The molecule has 0 heterocycles. The lowest BCUT2D eigenvalue weighted by atomic mass is 9.86. The van der Waals surface area contributed by atoms with Crippen LogP contribution in [0.3, 0.4) is 0 Å². The van der Waals surface area contributed by atoms with Gasteiger partial charge in [-0.3, -0.25) is 0 Å². The molecule has 1 aromatic carbocycles. The first-order chi connectivity index (χ1) is 6.84. The summed E-state index contributed by atoms with van der Waals surface area (Å²) < 4.78 is 13.6. The second kappa shape index (κ2) is 3.46. The minimum atomic E-state index is -0.207. The lowest BCUT2D eigenvalue weighted by Crippen LogP contribution is -2.13. The van der Waals surface area contributed by atoms with Gasteiger partial charge in [-0.15, -0.1) is 0 Å². The summed E-state index contributed by atoms with van der Waals surface area (Å²) in [6.45, 7) is 6.12. The Morgan fingerprint density at radius 1 is 1.53 bits per heavy atom. The highest BCUT2D eigenvalue weighted by atomic mass is 79.9. The lowest BCUT2D eigenvalue weighted by molar-refractivity contribution is 0.521. The van der Waals surface area contributed by atoms with Crippen molar-refractivity contribution in [3.8, 4) is 0 Å². The van der Waals surface area contributed by atoms with Gasteiger partial charge in [-0.2, -0.15) is 0 Å². The van der Waals surface area contributed by atoms with Crippen LogP contribution in [-0.2, 0) is 5.41 Å². The van der Waals surface area contributed by atoms with Gasteiger partial charge in [0.2, 0.25) is 0 Å². The van der Waals surface area contributed by atoms with Gasteiger partial charge in [0.1, 0.15) is 5.82 Å². The van der Waals surface area contributed by atoms with Crippen LogP contribution < -0.4 is 0 Å². The molecule has 0 bridgehead atoms. The monoisotopic (exact) mass is 290 g/mol. The van der Waals surface area contributed by atoms with Crippen molar-refractivity contribution < 1.29 is 4.39 Å².